The normalized spacial score (nSPS) is 47.7. The van der Waals surface area contributed by atoms with Crippen LogP contribution in [-0.4, -0.2) is 75.0 Å². The summed E-state index contributed by atoms with van der Waals surface area (Å²) in [5.74, 6) is -5.47. The Bertz CT molecular complexity index is 460. The molecule has 0 saturated carbocycles. The van der Waals surface area contributed by atoms with E-state index in [2.05, 4.69) is 4.74 Å². The average Bonchev–Trinajstić information content (AvgIpc) is 2.40. The lowest BCUT2D eigenvalue weighted by Gasteiger charge is -2.51. The maximum Gasteiger partial charge on any atom is 0.387 e. The topological polar surface area (TPSA) is 195 Å². The van der Waals surface area contributed by atoms with Gasteiger partial charge in [0.25, 0.3) is 5.72 Å². The van der Waals surface area contributed by atoms with Gasteiger partial charge in [-0.2, -0.15) is 0 Å². The van der Waals surface area contributed by atoms with Gasteiger partial charge in [0.1, 0.15) is 24.4 Å². The molecule has 2 aliphatic heterocycles. The number of hydrogen-bond donors (Lipinski definition) is 6. The molecule has 120 valence electrons. The van der Waals surface area contributed by atoms with Crippen molar-refractivity contribution in [1.82, 2.24) is 0 Å². The van der Waals surface area contributed by atoms with Crippen molar-refractivity contribution in [2.45, 2.75) is 42.5 Å². The fraction of sp³-hybridized carbons (Fsp3) is 0.800. The highest BCUT2D eigenvalue weighted by Gasteiger charge is 2.69. The largest absolute Gasteiger partial charge is 0.431 e. The number of carbonyl (C=O) groups excluding carboxylic acids is 2. The third-order valence-electron chi connectivity index (χ3n) is 3.34. The first-order valence-corrected chi connectivity index (χ1v) is 6.01. The molecule has 2 aliphatic rings. The summed E-state index contributed by atoms with van der Waals surface area (Å²) in [6, 6.07) is -1.44. The lowest BCUT2D eigenvalue weighted by molar-refractivity contribution is -0.467. The summed E-state index contributed by atoms with van der Waals surface area (Å²) in [4.78, 5) is 23.2. The van der Waals surface area contributed by atoms with Crippen LogP contribution < -0.4 is 11.5 Å². The van der Waals surface area contributed by atoms with Crippen LogP contribution >= 0.6 is 0 Å². The number of nitrogens with two attached hydrogens (primary N) is 2. The number of aliphatic hydroxyl groups excluding tert-OH is 3. The van der Waals surface area contributed by atoms with Crippen molar-refractivity contribution in [2.24, 2.45) is 11.5 Å². The van der Waals surface area contributed by atoms with Crippen LogP contribution in [0.4, 0.5) is 0 Å². The van der Waals surface area contributed by atoms with Crippen LogP contribution in [0.5, 0.6) is 0 Å². The Hall–Kier alpha value is -1.34. The summed E-state index contributed by atoms with van der Waals surface area (Å²) in [5, 5.41) is 39.0. The highest BCUT2D eigenvalue weighted by molar-refractivity contribution is 5.83. The molecule has 2 heterocycles. The molecule has 0 radical (unpaired) electrons. The molecule has 8 N–H and O–H groups in total. The summed E-state index contributed by atoms with van der Waals surface area (Å²) >= 11 is 0. The quantitative estimate of drug-likeness (QED) is 0.254. The van der Waals surface area contributed by atoms with E-state index in [-0.39, 0.29) is 0 Å². The van der Waals surface area contributed by atoms with Crippen molar-refractivity contribution in [3.8, 4) is 0 Å². The van der Waals surface area contributed by atoms with Gasteiger partial charge in [-0.25, -0.2) is 0 Å². The molecule has 1 unspecified atom stereocenters. The smallest absolute Gasteiger partial charge is 0.387 e. The van der Waals surface area contributed by atoms with Crippen LogP contribution in [0.25, 0.3) is 0 Å². The van der Waals surface area contributed by atoms with E-state index in [0.29, 0.717) is 0 Å². The van der Waals surface area contributed by atoms with Crippen LogP contribution in [0.2, 0.25) is 0 Å². The Kier molecular flexibility index (Phi) is 3.92. The summed E-state index contributed by atoms with van der Waals surface area (Å²) in [6.07, 6.45) is -6.05. The van der Waals surface area contributed by atoms with E-state index in [4.69, 9.17) is 26.0 Å². The predicted octanol–water partition coefficient (Wildman–Crippen LogP) is -4.78. The second-order valence-electron chi connectivity index (χ2n) is 4.86. The monoisotopic (exact) mass is 308 g/mol. The minimum Gasteiger partial charge on any atom is -0.431 e. The molecule has 0 aliphatic carbocycles. The zero-order valence-corrected chi connectivity index (χ0v) is 10.7. The molecule has 2 saturated heterocycles. The van der Waals surface area contributed by atoms with E-state index in [1.54, 1.807) is 0 Å². The summed E-state index contributed by atoms with van der Waals surface area (Å²) < 4.78 is 14.1. The van der Waals surface area contributed by atoms with Crippen LogP contribution in [0.3, 0.4) is 0 Å². The molecule has 2 rings (SSSR count). The van der Waals surface area contributed by atoms with Crippen LogP contribution in [-0.2, 0) is 23.8 Å². The predicted molar refractivity (Wildman–Crippen MR) is 60.6 cm³/mol. The van der Waals surface area contributed by atoms with E-state index in [1.165, 1.54) is 0 Å². The Balaban J connectivity index is 2.45. The first kappa shape index (κ1) is 16.0. The number of hydrogen-bond acceptors (Lipinski definition) is 11. The lowest BCUT2D eigenvalue weighted by atomic mass is 9.91. The molecular weight excluding hydrogens is 292 g/mol. The number of aliphatic hydroxyl groups is 4. The summed E-state index contributed by atoms with van der Waals surface area (Å²) in [6.45, 7) is -0.839. The Labute approximate surface area is 118 Å². The Morgan fingerprint density at radius 3 is 2.48 bits per heavy atom. The van der Waals surface area contributed by atoms with Gasteiger partial charge in [-0.15, -0.1) is 0 Å². The first-order valence-electron chi connectivity index (χ1n) is 6.01. The second kappa shape index (κ2) is 5.14. The van der Waals surface area contributed by atoms with Crippen molar-refractivity contribution in [3.63, 3.8) is 0 Å². The molecule has 0 amide bonds. The minimum absolute atomic E-state index is 0.611. The van der Waals surface area contributed by atoms with Gasteiger partial charge < -0.3 is 40.4 Å². The number of fused-ring (bicyclic) bond motifs is 1. The molecule has 0 aromatic heterocycles. The summed E-state index contributed by atoms with van der Waals surface area (Å²) in [5.41, 5.74) is 8.15. The molecule has 0 aromatic rings. The molecule has 0 aromatic carbocycles. The summed E-state index contributed by atoms with van der Waals surface area (Å²) in [7, 11) is 0. The minimum atomic E-state index is -3.12. The molecule has 0 spiro atoms. The van der Waals surface area contributed by atoms with Gasteiger partial charge in [0, 0.05) is 0 Å². The van der Waals surface area contributed by atoms with Gasteiger partial charge in [-0.1, -0.05) is 0 Å². The third-order valence-corrected chi connectivity index (χ3v) is 3.34. The highest BCUT2D eigenvalue weighted by Crippen LogP contribution is 2.38. The average molecular weight is 308 g/mol. The standard InChI is InChI=1S/C10H16N2O9/c11-3-1-5(14)20-9(12)7(16)6(15)4(2-13)19-10(9,18)21-8(3)17/h3-4,6-7,13,15-16,18H,1-2,11-12H2/t3?,4-,6-,7+,9+,10-/m1/s1. The van der Waals surface area contributed by atoms with Crippen LogP contribution in [0.15, 0.2) is 0 Å². The van der Waals surface area contributed by atoms with Gasteiger partial charge in [-0.3, -0.25) is 15.3 Å². The third kappa shape index (κ3) is 2.38. The molecule has 11 nitrogen and oxygen atoms in total. The van der Waals surface area contributed by atoms with Gasteiger partial charge in [0.2, 0.25) is 0 Å². The van der Waals surface area contributed by atoms with Crippen molar-refractivity contribution in [2.75, 3.05) is 6.61 Å². The molecular formula is C10H16N2O9. The van der Waals surface area contributed by atoms with Gasteiger partial charge in [-0.05, 0) is 0 Å². The van der Waals surface area contributed by atoms with E-state index >= 15 is 0 Å². The number of rotatable bonds is 1. The lowest BCUT2D eigenvalue weighted by Crippen LogP contribution is -2.80. The van der Waals surface area contributed by atoms with Gasteiger partial charge >= 0.3 is 17.9 Å². The van der Waals surface area contributed by atoms with Gasteiger partial charge in [0.05, 0.1) is 13.0 Å². The maximum absolute atomic E-state index is 11.6. The zero-order valence-electron chi connectivity index (χ0n) is 10.7. The van der Waals surface area contributed by atoms with Crippen LogP contribution in [0.1, 0.15) is 6.42 Å². The van der Waals surface area contributed by atoms with E-state index in [0.717, 1.165) is 0 Å². The van der Waals surface area contributed by atoms with E-state index in [9.17, 15) is 24.9 Å². The fourth-order valence-electron chi connectivity index (χ4n) is 2.09. The Morgan fingerprint density at radius 1 is 1.29 bits per heavy atom. The molecule has 6 atom stereocenters. The molecule has 2 fully saturated rings. The zero-order chi connectivity index (χ0) is 16.0. The molecule has 11 heteroatoms. The van der Waals surface area contributed by atoms with Gasteiger partial charge in [0.15, 0.2) is 0 Å². The number of ether oxygens (including phenoxy) is 3. The van der Waals surface area contributed by atoms with E-state index < -0.39 is 61.0 Å². The highest BCUT2D eigenvalue weighted by atomic mass is 16.9. The second-order valence-corrected chi connectivity index (χ2v) is 4.86. The van der Waals surface area contributed by atoms with Crippen molar-refractivity contribution >= 4 is 11.9 Å². The van der Waals surface area contributed by atoms with Crippen molar-refractivity contribution < 1.29 is 44.2 Å². The van der Waals surface area contributed by atoms with Crippen LogP contribution in [0, 0.1) is 0 Å². The van der Waals surface area contributed by atoms with Crippen molar-refractivity contribution in [1.29, 1.82) is 0 Å². The van der Waals surface area contributed by atoms with Crippen molar-refractivity contribution in [3.05, 3.63) is 0 Å². The number of carbonyl (C=O) groups is 2. The SMILES string of the molecule is NC1CC(=O)O[C@@]2(N)[C@@H](O)[C@H](O)[C@@H](CO)O[C@@]2(O)OC1=O. The maximum atomic E-state index is 11.6. The Morgan fingerprint density at radius 2 is 1.90 bits per heavy atom. The fourth-order valence-corrected chi connectivity index (χ4v) is 2.09. The molecule has 21 heavy (non-hydrogen) atoms. The number of esters is 2. The van der Waals surface area contributed by atoms with E-state index in [1.807, 2.05) is 0 Å². The first-order chi connectivity index (χ1) is 9.64. The molecule has 0 bridgehead atoms.